The van der Waals surface area contributed by atoms with Crippen LogP contribution in [0, 0.1) is 5.82 Å². The third-order valence-electron chi connectivity index (χ3n) is 2.50. The van der Waals surface area contributed by atoms with Gasteiger partial charge in [0.25, 0.3) is 0 Å². The first-order chi connectivity index (χ1) is 9.19. The number of rotatable bonds is 5. The standard InChI is InChI=1S/C14H14ClFN2O/c1-17-8-10-3-2-4-11(18-10)9-19-12-5-6-14(16)13(15)7-12/h2-7,17H,8-9H2,1H3. The zero-order valence-corrected chi connectivity index (χ0v) is 11.2. The van der Waals surface area contributed by atoms with E-state index < -0.39 is 5.82 Å². The van der Waals surface area contributed by atoms with Crippen LogP contribution in [-0.4, -0.2) is 12.0 Å². The number of pyridine rings is 1. The molecule has 1 N–H and O–H groups in total. The van der Waals surface area contributed by atoms with Gasteiger partial charge in [0.15, 0.2) is 0 Å². The summed E-state index contributed by atoms with van der Waals surface area (Å²) < 4.78 is 18.5. The minimum atomic E-state index is -0.455. The van der Waals surface area contributed by atoms with E-state index in [4.69, 9.17) is 16.3 Å². The van der Waals surface area contributed by atoms with Crippen molar-refractivity contribution in [1.29, 1.82) is 0 Å². The number of benzene rings is 1. The predicted molar refractivity (Wildman–Crippen MR) is 72.7 cm³/mol. The number of hydrogen-bond acceptors (Lipinski definition) is 3. The maximum atomic E-state index is 13.0. The molecular weight excluding hydrogens is 267 g/mol. The average Bonchev–Trinajstić information content (AvgIpc) is 2.41. The Morgan fingerprint density at radius 2 is 2.05 bits per heavy atom. The van der Waals surface area contributed by atoms with Crippen LogP contribution in [0.1, 0.15) is 11.4 Å². The van der Waals surface area contributed by atoms with Crippen LogP contribution in [-0.2, 0) is 13.2 Å². The molecule has 5 heteroatoms. The van der Waals surface area contributed by atoms with Crippen molar-refractivity contribution in [2.75, 3.05) is 7.05 Å². The molecule has 0 aliphatic rings. The lowest BCUT2D eigenvalue weighted by molar-refractivity contribution is 0.300. The van der Waals surface area contributed by atoms with Crippen molar-refractivity contribution >= 4 is 11.6 Å². The van der Waals surface area contributed by atoms with Crippen molar-refractivity contribution in [2.24, 2.45) is 0 Å². The Labute approximate surface area is 116 Å². The lowest BCUT2D eigenvalue weighted by Crippen LogP contribution is -2.08. The highest BCUT2D eigenvalue weighted by molar-refractivity contribution is 6.30. The highest BCUT2D eigenvalue weighted by Gasteiger charge is 2.03. The number of aromatic nitrogens is 1. The van der Waals surface area contributed by atoms with Crippen LogP contribution < -0.4 is 10.1 Å². The number of nitrogens with one attached hydrogen (secondary N) is 1. The first-order valence-electron chi connectivity index (χ1n) is 5.86. The number of nitrogens with zero attached hydrogens (tertiary/aromatic N) is 1. The quantitative estimate of drug-likeness (QED) is 0.913. The Balaban J connectivity index is 2.01. The molecule has 0 spiro atoms. The second-order valence-electron chi connectivity index (χ2n) is 4.02. The van der Waals surface area contributed by atoms with E-state index >= 15 is 0 Å². The fourth-order valence-electron chi connectivity index (χ4n) is 1.61. The van der Waals surface area contributed by atoms with Crippen molar-refractivity contribution in [3.8, 4) is 5.75 Å². The third kappa shape index (κ3) is 3.91. The Morgan fingerprint density at radius 3 is 2.79 bits per heavy atom. The summed E-state index contributed by atoms with van der Waals surface area (Å²) in [6, 6.07) is 10.0. The summed E-state index contributed by atoms with van der Waals surface area (Å²) in [5, 5.41) is 3.09. The predicted octanol–water partition coefficient (Wildman–Crippen LogP) is 3.17. The first kappa shape index (κ1) is 13.8. The van der Waals surface area contributed by atoms with Gasteiger partial charge in [-0.05, 0) is 31.3 Å². The third-order valence-corrected chi connectivity index (χ3v) is 2.79. The molecule has 1 aromatic heterocycles. The summed E-state index contributed by atoms with van der Waals surface area (Å²) in [5.41, 5.74) is 1.76. The van der Waals surface area contributed by atoms with E-state index in [1.807, 2.05) is 25.2 Å². The Hall–Kier alpha value is -1.65. The average molecular weight is 281 g/mol. The zero-order chi connectivity index (χ0) is 13.7. The van der Waals surface area contributed by atoms with Crippen molar-refractivity contribution in [1.82, 2.24) is 10.3 Å². The second-order valence-corrected chi connectivity index (χ2v) is 4.42. The van der Waals surface area contributed by atoms with Crippen LogP contribution >= 0.6 is 11.6 Å². The van der Waals surface area contributed by atoms with Gasteiger partial charge in [-0.3, -0.25) is 4.98 Å². The summed E-state index contributed by atoms with van der Waals surface area (Å²) in [6.45, 7) is 1.02. The monoisotopic (exact) mass is 280 g/mol. The highest BCUT2D eigenvalue weighted by Crippen LogP contribution is 2.21. The molecule has 0 radical (unpaired) electrons. The van der Waals surface area contributed by atoms with Gasteiger partial charge in [0.1, 0.15) is 18.2 Å². The van der Waals surface area contributed by atoms with Gasteiger partial charge in [0.2, 0.25) is 0 Å². The van der Waals surface area contributed by atoms with Gasteiger partial charge < -0.3 is 10.1 Å². The molecule has 0 unspecified atom stereocenters. The summed E-state index contributed by atoms with van der Waals surface area (Å²) in [4.78, 5) is 4.42. The van der Waals surface area contributed by atoms with E-state index in [1.165, 1.54) is 12.1 Å². The molecule has 2 aromatic rings. The smallest absolute Gasteiger partial charge is 0.142 e. The number of hydrogen-bond donors (Lipinski definition) is 1. The fourth-order valence-corrected chi connectivity index (χ4v) is 1.78. The molecule has 0 bridgehead atoms. The maximum absolute atomic E-state index is 13.0. The molecule has 1 aromatic carbocycles. The normalized spacial score (nSPS) is 10.5. The summed E-state index contributed by atoms with van der Waals surface area (Å²) in [5.74, 6) is 0.0652. The van der Waals surface area contributed by atoms with Crippen LogP contribution in [0.3, 0.4) is 0 Å². The van der Waals surface area contributed by atoms with Gasteiger partial charge in [-0.15, -0.1) is 0 Å². The van der Waals surface area contributed by atoms with Crippen LogP contribution in [0.4, 0.5) is 4.39 Å². The minimum Gasteiger partial charge on any atom is -0.487 e. The Morgan fingerprint density at radius 1 is 1.26 bits per heavy atom. The van der Waals surface area contributed by atoms with Crippen LogP contribution in [0.25, 0.3) is 0 Å². The molecule has 0 saturated carbocycles. The van der Waals surface area contributed by atoms with E-state index in [1.54, 1.807) is 6.07 Å². The largest absolute Gasteiger partial charge is 0.487 e. The van der Waals surface area contributed by atoms with Crippen molar-refractivity contribution < 1.29 is 9.13 Å². The van der Waals surface area contributed by atoms with E-state index in [2.05, 4.69) is 10.3 Å². The van der Waals surface area contributed by atoms with E-state index in [9.17, 15) is 4.39 Å². The van der Waals surface area contributed by atoms with E-state index in [-0.39, 0.29) is 5.02 Å². The SMILES string of the molecule is CNCc1cccc(COc2ccc(F)c(Cl)c2)n1. The van der Waals surface area contributed by atoms with Gasteiger partial charge in [-0.25, -0.2) is 4.39 Å². The number of ether oxygens (including phenoxy) is 1. The topological polar surface area (TPSA) is 34.1 Å². The lowest BCUT2D eigenvalue weighted by atomic mass is 10.3. The second kappa shape index (κ2) is 6.50. The molecule has 100 valence electrons. The first-order valence-corrected chi connectivity index (χ1v) is 6.24. The molecule has 0 fully saturated rings. The molecule has 0 amide bonds. The molecule has 19 heavy (non-hydrogen) atoms. The summed E-state index contributed by atoms with van der Waals surface area (Å²) >= 11 is 5.68. The van der Waals surface area contributed by atoms with Crippen molar-refractivity contribution in [3.63, 3.8) is 0 Å². The van der Waals surface area contributed by atoms with Crippen LogP contribution in [0.15, 0.2) is 36.4 Å². The Kier molecular flexibility index (Phi) is 4.71. The van der Waals surface area contributed by atoms with Crippen molar-refractivity contribution in [3.05, 3.63) is 58.6 Å². The molecule has 2 rings (SSSR count). The summed E-state index contributed by atoms with van der Waals surface area (Å²) in [7, 11) is 1.87. The lowest BCUT2D eigenvalue weighted by Gasteiger charge is -2.07. The molecule has 0 saturated heterocycles. The van der Waals surface area contributed by atoms with E-state index in [0.29, 0.717) is 18.9 Å². The molecular formula is C14H14ClFN2O. The molecule has 0 aliphatic carbocycles. The van der Waals surface area contributed by atoms with E-state index in [0.717, 1.165) is 11.4 Å². The minimum absolute atomic E-state index is 0.0504. The van der Waals surface area contributed by atoms with Gasteiger partial charge in [0, 0.05) is 12.6 Å². The summed E-state index contributed by atoms with van der Waals surface area (Å²) in [6.07, 6.45) is 0. The van der Waals surface area contributed by atoms with Crippen LogP contribution in [0.2, 0.25) is 5.02 Å². The Bertz CT molecular complexity index is 563. The maximum Gasteiger partial charge on any atom is 0.142 e. The van der Waals surface area contributed by atoms with Gasteiger partial charge in [-0.1, -0.05) is 17.7 Å². The zero-order valence-electron chi connectivity index (χ0n) is 10.5. The molecule has 0 aliphatic heterocycles. The number of halogens is 2. The van der Waals surface area contributed by atoms with Gasteiger partial charge in [-0.2, -0.15) is 0 Å². The molecule has 3 nitrogen and oxygen atoms in total. The molecule has 0 atom stereocenters. The van der Waals surface area contributed by atoms with Crippen LogP contribution in [0.5, 0.6) is 5.75 Å². The van der Waals surface area contributed by atoms with Gasteiger partial charge >= 0.3 is 0 Å². The molecule has 1 heterocycles. The fraction of sp³-hybridized carbons (Fsp3) is 0.214. The van der Waals surface area contributed by atoms with Crippen molar-refractivity contribution in [2.45, 2.75) is 13.2 Å². The highest BCUT2D eigenvalue weighted by atomic mass is 35.5. The van der Waals surface area contributed by atoms with Gasteiger partial charge in [0.05, 0.1) is 16.4 Å².